The zero-order valence-corrected chi connectivity index (χ0v) is 12.9. The molecular formula is C15H15N5O3. The molecule has 1 aromatic carbocycles. The van der Waals surface area contributed by atoms with Crippen molar-refractivity contribution in [3.8, 4) is 5.75 Å². The maximum atomic E-state index is 11.6. The average Bonchev–Trinajstić information content (AvgIpc) is 2.52. The van der Waals surface area contributed by atoms with E-state index in [4.69, 9.17) is 4.74 Å². The SMILES string of the molecule is COc1ccc2nc(N=C3NC(=O)C(C)C(=O)N3)nc(C)c2c1. The molecule has 2 N–H and O–H groups in total. The van der Waals surface area contributed by atoms with E-state index in [-0.39, 0.29) is 11.9 Å². The molecule has 1 fully saturated rings. The number of hydrogen-bond acceptors (Lipinski definition) is 6. The molecular weight excluding hydrogens is 298 g/mol. The van der Waals surface area contributed by atoms with Crippen LogP contribution in [-0.4, -0.2) is 34.9 Å². The summed E-state index contributed by atoms with van der Waals surface area (Å²) in [6.45, 7) is 3.35. The van der Waals surface area contributed by atoms with Crippen molar-refractivity contribution in [1.82, 2.24) is 20.6 Å². The Morgan fingerprint density at radius 1 is 1.17 bits per heavy atom. The van der Waals surface area contributed by atoms with Crippen LogP contribution in [0.3, 0.4) is 0 Å². The molecule has 1 saturated heterocycles. The van der Waals surface area contributed by atoms with Crippen molar-refractivity contribution in [1.29, 1.82) is 0 Å². The number of aryl methyl sites for hydroxylation is 1. The van der Waals surface area contributed by atoms with E-state index in [1.54, 1.807) is 19.2 Å². The summed E-state index contributed by atoms with van der Waals surface area (Å²) >= 11 is 0. The molecule has 8 heteroatoms. The van der Waals surface area contributed by atoms with Gasteiger partial charge in [0.15, 0.2) is 0 Å². The van der Waals surface area contributed by atoms with Crippen molar-refractivity contribution in [2.75, 3.05) is 7.11 Å². The normalized spacial score (nSPS) is 17.7. The number of guanidine groups is 1. The number of fused-ring (bicyclic) bond motifs is 1. The Hall–Kier alpha value is -3.03. The van der Waals surface area contributed by atoms with E-state index in [0.29, 0.717) is 11.3 Å². The lowest BCUT2D eigenvalue weighted by Crippen LogP contribution is -2.55. The molecule has 0 bridgehead atoms. The third-order valence-electron chi connectivity index (χ3n) is 3.56. The topological polar surface area (TPSA) is 106 Å². The Labute approximate surface area is 132 Å². The van der Waals surface area contributed by atoms with Crippen LogP contribution in [0.2, 0.25) is 0 Å². The highest BCUT2D eigenvalue weighted by Gasteiger charge is 2.29. The van der Waals surface area contributed by atoms with Crippen LogP contribution in [0.1, 0.15) is 12.6 Å². The summed E-state index contributed by atoms with van der Waals surface area (Å²) in [6, 6.07) is 5.43. The lowest BCUT2D eigenvalue weighted by Gasteiger charge is -2.19. The monoisotopic (exact) mass is 313 g/mol. The number of carbonyl (C=O) groups excluding carboxylic acids is 2. The minimum atomic E-state index is -0.749. The van der Waals surface area contributed by atoms with Crippen molar-refractivity contribution in [3.05, 3.63) is 23.9 Å². The van der Waals surface area contributed by atoms with Gasteiger partial charge in [0, 0.05) is 5.39 Å². The van der Waals surface area contributed by atoms with Crippen molar-refractivity contribution >= 4 is 34.6 Å². The summed E-state index contributed by atoms with van der Waals surface area (Å²) in [6.07, 6.45) is 0. The van der Waals surface area contributed by atoms with Crippen LogP contribution in [0.5, 0.6) is 5.75 Å². The van der Waals surface area contributed by atoms with Crippen LogP contribution >= 0.6 is 0 Å². The van der Waals surface area contributed by atoms with Gasteiger partial charge in [0.25, 0.3) is 5.95 Å². The summed E-state index contributed by atoms with van der Waals surface area (Å²) in [5.41, 5.74) is 1.41. The highest BCUT2D eigenvalue weighted by molar-refractivity contribution is 6.17. The first-order chi connectivity index (χ1) is 11.0. The maximum absolute atomic E-state index is 11.6. The fourth-order valence-electron chi connectivity index (χ4n) is 2.18. The third-order valence-corrected chi connectivity index (χ3v) is 3.56. The molecule has 3 rings (SSSR count). The maximum Gasteiger partial charge on any atom is 0.253 e. The average molecular weight is 313 g/mol. The summed E-state index contributed by atoms with van der Waals surface area (Å²) in [7, 11) is 1.59. The number of aromatic nitrogens is 2. The molecule has 1 aromatic heterocycles. The second-order valence-electron chi connectivity index (χ2n) is 5.15. The predicted molar refractivity (Wildman–Crippen MR) is 83.4 cm³/mol. The molecule has 2 heterocycles. The zero-order chi connectivity index (χ0) is 16.6. The van der Waals surface area contributed by atoms with Gasteiger partial charge in [0.2, 0.25) is 17.8 Å². The Morgan fingerprint density at radius 2 is 1.87 bits per heavy atom. The first-order valence-corrected chi connectivity index (χ1v) is 7.00. The van der Waals surface area contributed by atoms with Crippen molar-refractivity contribution in [3.63, 3.8) is 0 Å². The van der Waals surface area contributed by atoms with Gasteiger partial charge in [-0.15, -0.1) is 0 Å². The van der Waals surface area contributed by atoms with Crippen LogP contribution in [-0.2, 0) is 9.59 Å². The van der Waals surface area contributed by atoms with Crippen molar-refractivity contribution < 1.29 is 14.3 Å². The van der Waals surface area contributed by atoms with Crippen LogP contribution in [0.4, 0.5) is 5.95 Å². The molecule has 118 valence electrons. The number of carbonyl (C=O) groups is 2. The van der Waals surface area contributed by atoms with Gasteiger partial charge >= 0.3 is 0 Å². The van der Waals surface area contributed by atoms with E-state index in [0.717, 1.165) is 11.1 Å². The number of rotatable bonds is 2. The summed E-state index contributed by atoms with van der Waals surface area (Å²) in [4.78, 5) is 36.0. The van der Waals surface area contributed by atoms with Gasteiger partial charge < -0.3 is 4.74 Å². The molecule has 0 aliphatic carbocycles. The standard InChI is InChI=1S/C15H15N5O3/c1-7-12(21)18-15(19-13(7)22)20-14-16-8(2)10-6-9(23-3)4-5-11(10)17-14/h4-7H,1-3H3,(H2,16,17,18,19,20,21,22). The second kappa shape index (κ2) is 5.64. The number of methoxy groups -OCH3 is 1. The van der Waals surface area contributed by atoms with Crippen molar-refractivity contribution in [2.24, 2.45) is 10.9 Å². The third kappa shape index (κ3) is 2.83. The second-order valence-corrected chi connectivity index (χ2v) is 5.15. The molecule has 2 amide bonds. The summed E-state index contributed by atoms with van der Waals surface area (Å²) in [5.74, 6) is -0.662. The number of nitrogens with one attached hydrogen (secondary N) is 2. The van der Waals surface area contributed by atoms with Crippen LogP contribution < -0.4 is 15.4 Å². The number of hydrogen-bond donors (Lipinski definition) is 2. The molecule has 0 unspecified atom stereocenters. The molecule has 2 aromatic rings. The lowest BCUT2D eigenvalue weighted by molar-refractivity contribution is -0.134. The van der Waals surface area contributed by atoms with Gasteiger partial charge in [0.1, 0.15) is 11.7 Å². The van der Waals surface area contributed by atoms with Gasteiger partial charge in [-0.2, -0.15) is 4.99 Å². The molecule has 0 atom stereocenters. The predicted octanol–water partition coefficient (Wildman–Crippen LogP) is 0.816. The van der Waals surface area contributed by atoms with E-state index in [1.165, 1.54) is 6.92 Å². The highest BCUT2D eigenvalue weighted by Crippen LogP contribution is 2.23. The molecule has 23 heavy (non-hydrogen) atoms. The summed E-state index contributed by atoms with van der Waals surface area (Å²) < 4.78 is 5.18. The van der Waals surface area contributed by atoms with E-state index in [2.05, 4.69) is 25.6 Å². The van der Waals surface area contributed by atoms with Crippen molar-refractivity contribution in [2.45, 2.75) is 13.8 Å². The highest BCUT2D eigenvalue weighted by atomic mass is 16.5. The quantitative estimate of drug-likeness (QED) is 0.798. The number of nitrogens with zero attached hydrogens (tertiary/aromatic N) is 3. The van der Waals surface area contributed by atoms with Gasteiger partial charge in [-0.1, -0.05) is 0 Å². The minimum Gasteiger partial charge on any atom is -0.497 e. The number of amides is 2. The molecule has 0 radical (unpaired) electrons. The fraction of sp³-hybridized carbons (Fsp3) is 0.267. The van der Waals surface area contributed by atoms with E-state index in [9.17, 15) is 9.59 Å². The Balaban J connectivity index is 1.99. The Kier molecular flexibility index (Phi) is 3.65. The van der Waals surface area contributed by atoms with Gasteiger partial charge in [-0.25, -0.2) is 9.97 Å². The van der Waals surface area contributed by atoms with Crippen LogP contribution in [0.15, 0.2) is 23.2 Å². The smallest absolute Gasteiger partial charge is 0.253 e. The van der Waals surface area contributed by atoms with Crippen LogP contribution in [0, 0.1) is 12.8 Å². The van der Waals surface area contributed by atoms with Gasteiger partial charge in [-0.3, -0.25) is 20.2 Å². The molecule has 0 saturated carbocycles. The van der Waals surface area contributed by atoms with E-state index < -0.39 is 17.7 Å². The summed E-state index contributed by atoms with van der Waals surface area (Å²) in [5, 5.41) is 5.87. The zero-order valence-electron chi connectivity index (χ0n) is 12.9. The number of benzene rings is 1. The first-order valence-electron chi connectivity index (χ1n) is 7.00. The molecule has 1 aliphatic rings. The molecule has 0 spiro atoms. The van der Waals surface area contributed by atoms with Gasteiger partial charge in [0.05, 0.1) is 18.3 Å². The Bertz CT molecular complexity index is 826. The Morgan fingerprint density at radius 3 is 2.52 bits per heavy atom. The molecule has 8 nitrogen and oxygen atoms in total. The lowest BCUT2D eigenvalue weighted by atomic mass is 10.1. The van der Waals surface area contributed by atoms with E-state index in [1.807, 2.05) is 13.0 Å². The number of aliphatic imine (C=N–C) groups is 1. The van der Waals surface area contributed by atoms with Crippen LogP contribution in [0.25, 0.3) is 10.9 Å². The molecule has 1 aliphatic heterocycles. The van der Waals surface area contributed by atoms with E-state index >= 15 is 0 Å². The first kappa shape index (κ1) is 14.9. The fourth-order valence-corrected chi connectivity index (χ4v) is 2.18. The minimum absolute atomic E-state index is 0.0327. The van der Waals surface area contributed by atoms with Gasteiger partial charge in [-0.05, 0) is 32.0 Å². The number of ether oxygens (including phenoxy) is 1. The largest absolute Gasteiger partial charge is 0.497 e.